The summed E-state index contributed by atoms with van der Waals surface area (Å²) in [5.41, 5.74) is 0.874. The van der Waals surface area contributed by atoms with Gasteiger partial charge in [-0.1, -0.05) is 13.3 Å². The number of H-pyrrole nitrogens is 1. The molecule has 0 spiro atoms. The molecule has 2 unspecified atom stereocenters. The minimum Gasteiger partial charge on any atom is -0.363 e. The van der Waals surface area contributed by atoms with Crippen LogP contribution in [0.15, 0.2) is 17.2 Å². The van der Waals surface area contributed by atoms with Crippen LogP contribution in [-0.2, 0) is 16.6 Å². The summed E-state index contributed by atoms with van der Waals surface area (Å²) in [6.45, 7) is 2.76. The summed E-state index contributed by atoms with van der Waals surface area (Å²) < 4.78 is 27.0. The minimum atomic E-state index is -3.35. The molecule has 0 radical (unpaired) electrons. The highest BCUT2D eigenvalue weighted by Gasteiger charge is 2.39. The van der Waals surface area contributed by atoms with Gasteiger partial charge in [-0.15, -0.1) is 0 Å². The molecular weight excluding hydrogens is 250 g/mol. The van der Waals surface area contributed by atoms with Gasteiger partial charge in [-0.05, 0) is 31.9 Å². The van der Waals surface area contributed by atoms with Crippen molar-refractivity contribution in [2.75, 3.05) is 7.05 Å². The normalized spacial score (nSPS) is 23.2. The maximum absolute atomic E-state index is 12.1. The van der Waals surface area contributed by atoms with Crippen LogP contribution in [0.1, 0.15) is 31.9 Å². The molecule has 1 aromatic rings. The van der Waals surface area contributed by atoms with Gasteiger partial charge in [0.25, 0.3) is 0 Å². The third kappa shape index (κ3) is 3.13. The molecule has 0 bridgehead atoms. The van der Waals surface area contributed by atoms with Crippen LogP contribution in [0, 0.1) is 5.92 Å². The molecule has 0 amide bonds. The Hall–Kier alpha value is -0.850. The van der Waals surface area contributed by atoms with E-state index in [0.717, 1.165) is 25.0 Å². The maximum Gasteiger partial charge on any atom is 0.242 e. The Morgan fingerprint density at radius 1 is 1.50 bits per heavy atom. The average Bonchev–Trinajstić information content (AvgIpc) is 2.84. The predicted molar refractivity (Wildman–Crippen MR) is 70.7 cm³/mol. The first-order chi connectivity index (χ1) is 8.56. The van der Waals surface area contributed by atoms with Gasteiger partial charge in [0, 0.05) is 24.5 Å². The summed E-state index contributed by atoms with van der Waals surface area (Å²) in [6.07, 6.45) is 4.73. The number of hydrogen-bond acceptors (Lipinski definition) is 3. The maximum atomic E-state index is 12.1. The van der Waals surface area contributed by atoms with Gasteiger partial charge in [0.05, 0.1) is 4.90 Å². The molecule has 1 aromatic heterocycles. The van der Waals surface area contributed by atoms with Crippen LogP contribution in [0.3, 0.4) is 0 Å². The van der Waals surface area contributed by atoms with Gasteiger partial charge in [0.1, 0.15) is 0 Å². The topological polar surface area (TPSA) is 74.0 Å². The molecule has 1 aliphatic carbocycles. The van der Waals surface area contributed by atoms with E-state index in [4.69, 9.17) is 0 Å². The van der Waals surface area contributed by atoms with E-state index in [1.165, 1.54) is 0 Å². The van der Waals surface area contributed by atoms with Crippen molar-refractivity contribution < 1.29 is 8.42 Å². The second-order valence-corrected chi connectivity index (χ2v) is 6.62. The van der Waals surface area contributed by atoms with E-state index in [1.807, 2.05) is 7.05 Å². The molecule has 102 valence electrons. The quantitative estimate of drug-likeness (QED) is 0.697. The van der Waals surface area contributed by atoms with Gasteiger partial charge >= 0.3 is 0 Å². The van der Waals surface area contributed by atoms with Crippen molar-refractivity contribution >= 4 is 10.0 Å². The third-order valence-corrected chi connectivity index (χ3v) is 4.75. The molecule has 0 aliphatic heterocycles. The molecule has 1 saturated carbocycles. The monoisotopic (exact) mass is 271 g/mol. The van der Waals surface area contributed by atoms with Crippen molar-refractivity contribution in [3.8, 4) is 0 Å². The standard InChI is InChI=1S/C12H21N3O2S/c1-3-4-9-5-12(9)15-18(16,17)11-6-10(7-13-2)14-8-11/h6,8-9,12-15H,3-5,7H2,1-2H3. The van der Waals surface area contributed by atoms with Crippen molar-refractivity contribution in [1.29, 1.82) is 0 Å². The lowest BCUT2D eigenvalue weighted by atomic mass is 10.2. The Bertz CT molecular complexity index is 495. The molecular formula is C12H21N3O2S. The fourth-order valence-electron chi connectivity index (χ4n) is 2.22. The lowest BCUT2D eigenvalue weighted by Gasteiger charge is -2.03. The van der Waals surface area contributed by atoms with E-state index in [2.05, 4.69) is 21.9 Å². The van der Waals surface area contributed by atoms with Gasteiger partial charge in [0.15, 0.2) is 0 Å². The van der Waals surface area contributed by atoms with Crippen LogP contribution in [0.4, 0.5) is 0 Å². The molecule has 2 atom stereocenters. The number of hydrogen-bond donors (Lipinski definition) is 3. The molecule has 2 rings (SSSR count). The largest absolute Gasteiger partial charge is 0.363 e. The first kappa shape index (κ1) is 13.6. The molecule has 3 N–H and O–H groups in total. The first-order valence-electron chi connectivity index (χ1n) is 6.41. The third-order valence-electron chi connectivity index (χ3n) is 3.28. The number of nitrogens with one attached hydrogen (secondary N) is 3. The molecule has 0 aromatic carbocycles. The summed E-state index contributed by atoms with van der Waals surface area (Å²) in [5, 5.41) is 2.98. The Morgan fingerprint density at radius 2 is 2.28 bits per heavy atom. The highest BCUT2D eigenvalue weighted by molar-refractivity contribution is 7.89. The van der Waals surface area contributed by atoms with E-state index in [-0.39, 0.29) is 6.04 Å². The van der Waals surface area contributed by atoms with Crippen molar-refractivity contribution in [2.24, 2.45) is 5.92 Å². The van der Waals surface area contributed by atoms with Crippen LogP contribution in [0.5, 0.6) is 0 Å². The number of aromatic amines is 1. The first-order valence-corrected chi connectivity index (χ1v) is 7.89. The molecule has 6 heteroatoms. The smallest absolute Gasteiger partial charge is 0.242 e. The summed E-state index contributed by atoms with van der Waals surface area (Å²) in [7, 11) is -1.53. The summed E-state index contributed by atoms with van der Waals surface area (Å²) in [5.74, 6) is 0.528. The van der Waals surface area contributed by atoms with Crippen molar-refractivity contribution in [2.45, 2.75) is 43.7 Å². The zero-order valence-corrected chi connectivity index (χ0v) is 11.7. The molecule has 5 nitrogen and oxygen atoms in total. The highest BCUT2D eigenvalue weighted by atomic mass is 32.2. The van der Waals surface area contributed by atoms with Crippen molar-refractivity contribution in [1.82, 2.24) is 15.0 Å². The average molecular weight is 271 g/mol. The van der Waals surface area contributed by atoms with Crippen LogP contribution in [0.2, 0.25) is 0 Å². The van der Waals surface area contributed by atoms with Crippen molar-refractivity contribution in [3.05, 3.63) is 18.0 Å². The predicted octanol–water partition coefficient (Wildman–Crippen LogP) is 1.20. The van der Waals surface area contributed by atoms with Gasteiger partial charge in [-0.25, -0.2) is 13.1 Å². The zero-order valence-electron chi connectivity index (χ0n) is 10.9. The number of sulfonamides is 1. The fourth-order valence-corrected chi connectivity index (χ4v) is 3.55. The van der Waals surface area contributed by atoms with E-state index >= 15 is 0 Å². The van der Waals surface area contributed by atoms with E-state index in [9.17, 15) is 8.42 Å². The highest BCUT2D eigenvalue weighted by Crippen LogP contribution is 2.35. The van der Waals surface area contributed by atoms with Crippen LogP contribution in [-0.4, -0.2) is 26.5 Å². The second kappa shape index (κ2) is 5.42. The lowest BCUT2D eigenvalue weighted by molar-refractivity contribution is 0.573. The molecule has 0 saturated heterocycles. The van der Waals surface area contributed by atoms with Crippen molar-refractivity contribution in [3.63, 3.8) is 0 Å². The van der Waals surface area contributed by atoms with Gasteiger partial charge in [0.2, 0.25) is 10.0 Å². The molecule has 1 aliphatic rings. The Morgan fingerprint density at radius 3 is 2.94 bits per heavy atom. The number of rotatable bonds is 7. The minimum absolute atomic E-state index is 0.137. The van der Waals surface area contributed by atoms with Gasteiger partial charge < -0.3 is 10.3 Å². The Kier molecular flexibility index (Phi) is 4.09. The van der Waals surface area contributed by atoms with E-state index in [0.29, 0.717) is 17.4 Å². The summed E-state index contributed by atoms with van der Waals surface area (Å²) >= 11 is 0. The molecule has 18 heavy (non-hydrogen) atoms. The fraction of sp³-hybridized carbons (Fsp3) is 0.667. The van der Waals surface area contributed by atoms with E-state index < -0.39 is 10.0 Å². The zero-order chi connectivity index (χ0) is 13.2. The van der Waals surface area contributed by atoms with Gasteiger partial charge in [-0.3, -0.25) is 0 Å². The summed E-state index contributed by atoms with van der Waals surface area (Å²) in [4.78, 5) is 3.29. The summed E-state index contributed by atoms with van der Waals surface area (Å²) in [6, 6.07) is 1.81. The van der Waals surface area contributed by atoms with E-state index in [1.54, 1.807) is 12.3 Å². The molecule has 1 fully saturated rings. The molecule has 1 heterocycles. The number of aromatic nitrogens is 1. The van der Waals surface area contributed by atoms with Crippen LogP contribution >= 0.6 is 0 Å². The lowest BCUT2D eigenvalue weighted by Crippen LogP contribution is -2.26. The Balaban J connectivity index is 1.98. The van der Waals surface area contributed by atoms with Crippen LogP contribution in [0.25, 0.3) is 0 Å². The SMILES string of the molecule is CCCC1CC1NS(=O)(=O)c1c[nH]c(CNC)c1. The Labute approximate surface area is 108 Å². The second-order valence-electron chi connectivity index (χ2n) is 4.90. The van der Waals surface area contributed by atoms with Gasteiger partial charge in [-0.2, -0.15) is 0 Å². The van der Waals surface area contributed by atoms with Crippen LogP contribution < -0.4 is 10.0 Å².